The van der Waals surface area contributed by atoms with Crippen molar-refractivity contribution in [1.82, 2.24) is 4.90 Å². The lowest BCUT2D eigenvalue weighted by Gasteiger charge is -2.45. The first-order valence-electron chi connectivity index (χ1n) is 5.35. The first kappa shape index (κ1) is 12.3. The van der Waals surface area contributed by atoms with Crippen LogP contribution in [0.3, 0.4) is 0 Å². The Labute approximate surface area is 90.9 Å². The van der Waals surface area contributed by atoms with E-state index < -0.39 is 0 Å². The Morgan fingerprint density at radius 1 is 1.67 bits per heavy atom. The molecule has 0 spiro atoms. The van der Waals surface area contributed by atoms with Crippen LogP contribution in [0.5, 0.6) is 0 Å². The normalized spacial score (nSPS) is 25.1. The molecule has 1 fully saturated rings. The van der Waals surface area contributed by atoms with Crippen LogP contribution in [-0.4, -0.2) is 47.3 Å². The van der Waals surface area contributed by atoms with Gasteiger partial charge in [-0.05, 0) is 20.3 Å². The minimum atomic E-state index is -0.0613. The highest BCUT2D eigenvalue weighted by atomic mass is 16.5. The van der Waals surface area contributed by atoms with Gasteiger partial charge in [0.1, 0.15) is 0 Å². The van der Waals surface area contributed by atoms with Crippen LogP contribution in [-0.2, 0) is 4.74 Å². The van der Waals surface area contributed by atoms with E-state index in [1.54, 1.807) is 0 Å². The van der Waals surface area contributed by atoms with Gasteiger partial charge < -0.3 is 15.7 Å². The van der Waals surface area contributed by atoms with Crippen molar-refractivity contribution < 1.29 is 9.94 Å². The van der Waals surface area contributed by atoms with Gasteiger partial charge in [0.25, 0.3) is 0 Å². The van der Waals surface area contributed by atoms with Crippen molar-refractivity contribution in [3.63, 3.8) is 0 Å². The summed E-state index contributed by atoms with van der Waals surface area (Å²) in [5.41, 5.74) is 5.64. The number of hydrogen-bond donors (Lipinski definition) is 2. The topological polar surface area (TPSA) is 71.1 Å². The van der Waals surface area contributed by atoms with Crippen molar-refractivity contribution in [2.24, 2.45) is 10.9 Å². The lowest BCUT2D eigenvalue weighted by Crippen LogP contribution is -2.60. The first-order chi connectivity index (χ1) is 7.03. The lowest BCUT2D eigenvalue weighted by molar-refractivity contribution is -0.0611. The van der Waals surface area contributed by atoms with E-state index in [0.29, 0.717) is 13.2 Å². The predicted molar refractivity (Wildman–Crippen MR) is 59.1 cm³/mol. The van der Waals surface area contributed by atoms with E-state index in [1.165, 1.54) is 0 Å². The Balaban J connectivity index is 2.82. The molecule has 0 amide bonds. The molecule has 1 unspecified atom stereocenters. The second-order valence-electron chi connectivity index (χ2n) is 4.51. The summed E-state index contributed by atoms with van der Waals surface area (Å²) in [6, 6.07) is -0.00565. The van der Waals surface area contributed by atoms with E-state index in [-0.39, 0.29) is 17.4 Å². The molecule has 3 N–H and O–H groups in total. The van der Waals surface area contributed by atoms with Crippen LogP contribution in [0.25, 0.3) is 0 Å². The second-order valence-corrected chi connectivity index (χ2v) is 4.51. The number of amidine groups is 1. The second kappa shape index (κ2) is 4.81. The van der Waals surface area contributed by atoms with E-state index >= 15 is 0 Å². The number of oxime groups is 1. The Morgan fingerprint density at radius 2 is 2.33 bits per heavy atom. The van der Waals surface area contributed by atoms with Gasteiger partial charge in [0.05, 0.1) is 19.3 Å². The van der Waals surface area contributed by atoms with Crippen LogP contribution >= 0.6 is 0 Å². The van der Waals surface area contributed by atoms with Gasteiger partial charge in [0, 0.05) is 12.1 Å². The molecule has 1 heterocycles. The Bertz CT molecular complexity index is 241. The van der Waals surface area contributed by atoms with Crippen LogP contribution in [0, 0.1) is 0 Å². The Hall–Kier alpha value is -0.810. The fourth-order valence-electron chi connectivity index (χ4n) is 2.10. The molecular weight excluding hydrogens is 194 g/mol. The molecule has 15 heavy (non-hydrogen) atoms. The molecule has 0 radical (unpaired) electrons. The highest BCUT2D eigenvalue weighted by molar-refractivity contribution is 5.85. The molecule has 88 valence electrons. The van der Waals surface area contributed by atoms with Crippen molar-refractivity contribution in [3.8, 4) is 0 Å². The molecule has 0 aromatic carbocycles. The van der Waals surface area contributed by atoms with E-state index in [9.17, 15) is 0 Å². The average Bonchev–Trinajstić information content (AvgIpc) is 2.20. The van der Waals surface area contributed by atoms with Crippen molar-refractivity contribution in [1.29, 1.82) is 0 Å². The van der Waals surface area contributed by atoms with E-state index in [4.69, 9.17) is 15.7 Å². The standard InChI is InChI=1S/C10H21N3O2/c1-4-8(9(11)12-14)13-5-6-15-7-10(13,2)3/h8,14H,4-7H2,1-3H3,(H2,11,12). The average molecular weight is 215 g/mol. The van der Waals surface area contributed by atoms with Crippen molar-refractivity contribution in [3.05, 3.63) is 0 Å². The molecule has 1 aliphatic rings. The third-order valence-electron chi connectivity index (χ3n) is 2.93. The molecule has 0 saturated carbocycles. The molecule has 0 aromatic heterocycles. The maximum Gasteiger partial charge on any atom is 0.156 e. The summed E-state index contributed by atoms with van der Waals surface area (Å²) in [4.78, 5) is 2.24. The van der Waals surface area contributed by atoms with E-state index in [0.717, 1.165) is 13.0 Å². The summed E-state index contributed by atoms with van der Waals surface area (Å²) in [7, 11) is 0. The van der Waals surface area contributed by atoms with Gasteiger partial charge in [0.2, 0.25) is 0 Å². The van der Waals surface area contributed by atoms with Gasteiger partial charge in [-0.25, -0.2) is 0 Å². The zero-order valence-electron chi connectivity index (χ0n) is 9.73. The molecule has 5 heteroatoms. The maximum absolute atomic E-state index is 8.74. The fraction of sp³-hybridized carbons (Fsp3) is 0.900. The highest BCUT2D eigenvalue weighted by Crippen LogP contribution is 2.23. The minimum absolute atomic E-state index is 0.00565. The molecular formula is C10H21N3O2. The summed E-state index contributed by atoms with van der Waals surface area (Å²) >= 11 is 0. The molecule has 0 bridgehead atoms. The first-order valence-corrected chi connectivity index (χ1v) is 5.35. The van der Waals surface area contributed by atoms with Crippen LogP contribution in [0.1, 0.15) is 27.2 Å². The van der Waals surface area contributed by atoms with E-state index in [2.05, 4.69) is 23.9 Å². The quantitative estimate of drug-likeness (QED) is 0.313. The van der Waals surface area contributed by atoms with Gasteiger partial charge in [-0.1, -0.05) is 12.1 Å². The van der Waals surface area contributed by atoms with Gasteiger partial charge in [0.15, 0.2) is 5.84 Å². The van der Waals surface area contributed by atoms with E-state index in [1.807, 2.05) is 6.92 Å². The van der Waals surface area contributed by atoms with Gasteiger partial charge >= 0.3 is 0 Å². The number of morpholine rings is 1. The van der Waals surface area contributed by atoms with Crippen molar-refractivity contribution in [2.75, 3.05) is 19.8 Å². The molecule has 1 aliphatic heterocycles. The molecule has 1 rings (SSSR count). The molecule has 0 aliphatic carbocycles. The highest BCUT2D eigenvalue weighted by Gasteiger charge is 2.36. The summed E-state index contributed by atoms with van der Waals surface area (Å²) in [6.45, 7) is 8.47. The summed E-state index contributed by atoms with van der Waals surface area (Å²) in [5.74, 6) is 0.285. The number of nitrogens with two attached hydrogens (primary N) is 1. The van der Waals surface area contributed by atoms with Crippen LogP contribution in [0.2, 0.25) is 0 Å². The third kappa shape index (κ3) is 2.60. The summed E-state index contributed by atoms with van der Waals surface area (Å²) in [5, 5.41) is 11.9. The van der Waals surface area contributed by atoms with Gasteiger partial charge in [-0.15, -0.1) is 0 Å². The van der Waals surface area contributed by atoms with Gasteiger partial charge in [-0.3, -0.25) is 4.90 Å². The number of nitrogens with zero attached hydrogens (tertiary/aromatic N) is 2. The van der Waals surface area contributed by atoms with Crippen LogP contribution < -0.4 is 5.73 Å². The molecule has 0 aromatic rings. The summed E-state index contributed by atoms with van der Waals surface area (Å²) in [6.07, 6.45) is 0.833. The molecule has 1 saturated heterocycles. The lowest BCUT2D eigenvalue weighted by atomic mass is 9.98. The predicted octanol–water partition coefficient (Wildman–Crippen LogP) is 0.622. The zero-order chi connectivity index (χ0) is 11.5. The van der Waals surface area contributed by atoms with Crippen LogP contribution in [0.15, 0.2) is 5.16 Å². The number of ether oxygens (including phenoxy) is 1. The number of rotatable bonds is 3. The smallest absolute Gasteiger partial charge is 0.156 e. The third-order valence-corrected chi connectivity index (χ3v) is 2.93. The Kier molecular flexibility index (Phi) is 3.93. The number of hydrogen-bond acceptors (Lipinski definition) is 4. The van der Waals surface area contributed by atoms with Crippen LogP contribution in [0.4, 0.5) is 0 Å². The zero-order valence-corrected chi connectivity index (χ0v) is 9.73. The van der Waals surface area contributed by atoms with Gasteiger partial charge in [-0.2, -0.15) is 0 Å². The molecule has 1 atom stereocenters. The molecule has 5 nitrogen and oxygen atoms in total. The SMILES string of the molecule is CCC(C(N)=NO)N1CCOCC1(C)C. The van der Waals surface area contributed by atoms with Crippen molar-refractivity contribution in [2.45, 2.75) is 38.8 Å². The largest absolute Gasteiger partial charge is 0.409 e. The Morgan fingerprint density at radius 3 is 2.80 bits per heavy atom. The van der Waals surface area contributed by atoms with Crippen molar-refractivity contribution >= 4 is 5.84 Å². The minimum Gasteiger partial charge on any atom is -0.409 e. The monoisotopic (exact) mass is 215 g/mol. The maximum atomic E-state index is 8.74. The summed E-state index contributed by atoms with van der Waals surface area (Å²) < 4.78 is 5.44. The fourth-order valence-corrected chi connectivity index (χ4v) is 2.10.